The summed E-state index contributed by atoms with van der Waals surface area (Å²) < 4.78 is 0. The molecule has 0 saturated carbocycles. The van der Waals surface area contributed by atoms with Gasteiger partial charge in [0.05, 0.1) is 6.04 Å². The smallest absolute Gasteiger partial charge is 0.321 e. The average Bonchev–Trinajstić information content (AvgIpc) is 2.35. The van der Waals surface area contributed by atoms with E-state index in [9.17, 15) is 14.7 Å². The number of carbonyl (C=O) groups is 2. The van der Waals surface area contributed by atoms with E-state index in [1.165, 1.54) is 0 Å². The zero-order chi connectivity index (χ0) is 13.8. The summed E-state index contributed by atoms with van der Waals surface area (Å²) in [6.07, 6.45) is 0.340. The number of rotatable bonds is 3. The van der Waals surface area contributed by atoms with Crippen molar-refractivity contribution in [2.24, 2.45) is 4.99 Å². The number of carboxylic acid groups (broad SMARTS) is 1. The van der Waals surface area contributed by atoms with Crippen LogP contribution < -0.4 is 5.32 Å². The van der Waals surface area contributed by atoms with Crippen LogP contribution in [0.1, 0.15) is 24.2 Å². The van der Waals surface area contributed by atoms with Crippen molar-refractivity contribution >= 4 is 28.8 Å². The highest BCUT2D eigenvalue weighted by Crippen LogP contribution is 2.30. The number of amidine groups is 1. The highest BCUT2D eigenvalue weighted by atomic mass is 32.2. The first kappa shape index (κ1) is 13.6. The van der Waals surface area contributed by atoms with Crippen molar-refractivity contribution < 1.29 is 14.7 Å². The van der Waals surface area contributed by atoms with Crippen LogP contribution in [0.3, 0.4) is 0 Å². The number of benzene rings is 1. The van der Waals surface area contributed by atoms with E-state index in [-0.39, 0.29) is 11.9 Å². The highest BCUT2D eigenvalue weighted by Gasteiger charge is 2.26. The maximum Gasteiger partial charge on any atom is 0.321 e. The highest BCUT2D eigenvalue weighted by molar-refractivity contribution is 8.14. The number of carbonyl (C=O) groups excluding carboxylic acids is 1. The van der Waals surface area contributed by atoms with E-state index >= 15 is 0 Å². The fourth-order valence-electron chi connectivity index (χ4n) is 1.78. The van der Waals surface area contributed by atoms with Crippen LogP contribution in [0.25, 0.3) is 0 Å². The third-order valence-electron chi connectivity index (χ3n) is 2.62. The predicted octanol–water partition coefficient (Wildman–Crippen LogP) is 1.81. The maximum atomic E-state index is 11.4. The van der Waals surface area contributed by atoms with Gasteiger partial charge in [-0.2, -0.15) is 0 Å². The third kappa shape index (κ3) is 3.57. The minimum atomic E-state index is -0.952. The van der Waals surface area contributed by atoms with Crippen LogP contribution >= 0.6 is 11.8 Å². The number of hydrogen-bond donors (Lipinski definition) is 2. The Hall–Kier alpha value is -1.82. The summed E-state index contributed by atoms with van der Waals surface area (Å²) in [7, 11) is 0. The molecule has 0 aromatic heterocycles. The van der Waals surface area contributed by atoms with Crippen LogP contribution in [-0.2, 0) is 9.59 Å². The van der Waals surface area contributed by atoms with Gasteiger partial charge in [-0.05, 0) is 12.5 Å². The molecule has 0 spiro atoms. The number of nitrogens with zero attached hydrogens (tertiary/aromatic N) is 1. The Morgan fingerprint density at radius 3 is 2.74 bits per heavy atom. The van der Waals surface area contributed by atoms with Crippen LogP contribution in [0, 0.1) is 0 Å². The first-order valence-electron chi connectivity index (χ1n) is 5.88. The normalized spacial score (nSPS) is 20.4. The Morgan fingerprint density at radius 2 is 2.16 bits per heavy atom. The molecule has 1 aliphatic rings. The van der Waals surface area contributed by atoms with Gasteiger partial charge in [-0.1, -0.05) is 42.1 Å². The lowest BCUT2D eigenvalue weighted by molar-refractivity contribution is -0.136. The van der Waals surface area contributed by atoms with Gasteiger partial charge in [-0.25, -0.2) is 0 Å². The number of amides is 1. The van der Waals surface area contributed by atoms with Crippen molar-refractivity contribution in [3.8, 4) is 0 Å². The SMILES string of the molecule is C[C@H]1CC(=O)NC(S[C@@H](C(=O)O)c2ccccc2)=N1. The molecule has 1 aromatic rings. The van der Waals surface area contributed by atoms with Gasteiger partial charge in [0.25, 0.3) is 0 Å². The van der Waals surface area contributed by atoms with Gasteiger partial charge < -0.3 is 10.4 Å². The molecule has 0 unspecified atom stereocenters. The van der Waals surface area contributed by atoms with Gasteiger partial charge >= 0.3 is 5.97 Å². The zero-order valence-corrected chi connectivity index (χ0v) is 11.2. The van der Waals surface area contributed by atoms with Crippen LogP contribution in [0.15, 0.2) is 35.3 Å². The van der Waals surface area contributed by atoms with Crippen molar-refractivity contribution in [3.63, 3.8) is 0 Å². The zero-order valence-electron chi connectivity index (χ0n) is 10.4. The van der Waals surface area contributed by atoms with Gasteiger partial charge in [-0.15, -0.1) is 0 Å². The van der Waals surface area contributed by atoms with E-state index in [2.05, 4.69) is 10.3 Å². The summed E-state index contributed by atoms with van der Waals surface area (Å²) in [5.74, 6) is -1.08. The topological polar surface area (TPSA) is 78.8 Å². The molecule has 2 rings (SSSR count). The molecule has 2 atom stereocenters. The second kappa shape index (κ2) is 5.88. The summed E-state index contributed by atoms with van der Waals surface area (Å²) in [4.78, 5) is 27.0. The molecule has 1 aliphatic heterocycles. The van der Waals surface area contributed by atoms with E-state index in [1.54, 1.807) is 24.3 Å². The molecule has 0 aliphatic carbocycles. The third-order valence-corrected chi connectivity index (χ3v) is 3.76. The molecular formula is C13H14N2O3S. The molecule has 100 valence electrons. The van der Waals surface area contributed by atoms with Gasteiger partial charge in [0.2, 0.25) is 5.91 Å². The minimum absolute atomic E-state index is 0.110. The minimum Gasteiger partial charge on any atom is -0.480 e. The number of aliphatic carboxylic acids is 1. The summed E-state index contributed by atoms with van der Waals surface area (Å²) in [6.45, 7) is 1.83. The largest absolute Gasteiger partial charge is 0.480 e. The molecule has 1 amide bonds. The molecule has 1 heterocycles. The average molecular weight is 278 g/mol. The van der Waals surface area contributed by atoms with E-state index in [0.717, 1.165) is 11.8 Å². The second-order valence-electron chi connectivity index (χ2n) is 4.28. The molecule has 6 heteroatoms. The van der Waals surface area contributed by atoms with Gasteiger partial charge in [0.1, 0.15) is 5.25 Å². The number of aliphatic imine (C=N–C) groups is 1. The Balaban J connectivity index is 2.18. The molecule has 0 radical (unpaired) electrons. The molecule has 0 fully saturated rings. The molecule has 5 nitrogen and oxygen atoms in total. The van der Waals surface area contributed by atoms with E-state index < -0.39 is 11.2 Å². The lowest BCUT2D eigenvalue weighted by atomic mass is 10.1. The van der Waals surface area contributed by atoms with Crippen molar-refractivity contribution in [2.75, 3.05) is 0 Å². The summed E-state index contributed by atoms with van der Waals surface area (Å²) in [6, 6.07) is 8.79. The van der Waals surface area contributed by atoms with Crippen LogP contribution in [-0.4, -0.2) is 28.2 Å². The van der Waals surface area contributed by atoms with Crippen molar-refractivity contribution in [2.45, 2.75) is 24.6 Å². The summed E-state index contributed by atoms with van der Waals surface area (Å²) >= 11 is 1.05. The van der Waals surface area contributed by atoms with Crippen LogP contribution in [0.2, 0.25) is 0 Å². The molecule has 19 heavy (non-hydrogen) atoms. The van der Waals surface area contributed by atoms with E-state index in [0.29, 0.717) is 17.2 Å². The van der Waals surface area contributed by atoms with E-state index in [1.807, 2.05) is 13.0 Å². The lowest BCUT2D eigenvalue weighted by Crippen LogP contribution is -2.36. The fourth-order valence-corrected chi connectivity index (χ4v) is 2.81. The van der Waals surface area contributed by atoms with Gasteiger partial charge in [0, 0.05) is 6.42 Å². The second-order valence-corrected chi connectivity index (χ2v) is 5.38. The molecule has 0 saturated heterocycles. The number of thioether (sulfide) groups is 1. The quantitative estimate of drug-likeness (QED) is 0.883. The lowest BCUT2D eigenvalue weighted by Gasteiger charge is -2.20. The first-order valence-corrected chi connectivity index (χ1v) is 6.76. The standard InChI is InChI=1S/C13H14N2O3S/c1-8-7-10(16)15-13(14-8)19-11(12(17)18)9-5-3-2-4-6-9/h2-6,8,11H,7H2,1H3,(H,17,18)(H,14,15,16)/t8-,11+/m0/s1. The van der Waals surface area contributed by atoms with Crippen molar-refractivity contribution in [3.05, 3.63) is 35.9 Å². The molecule has 1 aromatic carbocycles. The molecule has 2 N–H and O–H groups in total. The Kier molecular flexibility index (Phi) is 4.21. The number of carboxylic acids is 1. The Bertz CT molecular complexity index is 516. The van der Waals surface area contributed by atoms with Gasteiger partial charge in [0.15, 0.2) is 5.17 Å². The van der Waals surface area contributed by atoms with Gasteiger partial charge in [-0.3, -0.25) is 14.6 Å². The summed E-state index contributed by atoms with van der Waals surface area (Å²) in [5, 5.41) is 11.5. The molecular weight excluding hydrogens is 264 g/mol. The number of nitrogens with one attached hydrogen (secondary N) is 1. The molecule has 0 bridgehead atoms. The number of hydrogen-bond acceptors (Lipinski definition) is 4. The predicted molar refractivity (Wildman–Crippen MR) is 74.1 cm³/mol. The first-order chi connectivity index (χ1) is 9.06. The van der Waals surface area contributed by atoms with E-state index in [4.69, 9.17) is 0 Å². The maximum absolute atomic E-state index is 11.4. The Morgan fingerprint density at radius 1 is 1.47 bits per heavy atom. The fraction of sp³-hybridized carbons (Fsp3) is 0.308. The summed E-state index contributed by atoms with van der Waals surface area (Å²) in [5.41, 5.74) is 0.676. The van der Waals surface area contributed by atoms with Crippen LogP contribution in [0.4, 0.5) is 0 Å². The van der Waals surface area contributed by atoms with Crippen molar-refractivity contribution in [1.82, 2.24) is 5.32 Å². The Labute approximate surface area is 115 Å². The monoisotopic (exact) mass is 278 g/mol. The van der Waals surface area contributed by atoms with Crippen molar-refractivity contribution in [1.29, 1.82) is 0 Å². The van der Waals surface area contributed by atoms with Crippen LogP contribution in [0.5, 0.6) is 0 Å².